The Labute approximate surface area is 169 Å². The van der Waals surface area contributed by atoms with Gasteiger partial charge < -0.3 is 9.47 Å². The summed E-state index contributed by atoms with van der Waals surface area (Å²) in [6.45, 7) is 4.03. The molecule has 0 radical (unpaired) electrons. The molecular weight excluding hydrogens is 364 g/mol. The van der Waals surface area contributed by atoms with Crippen LogP contribution in [0.25, 0.3) is 0 Å². The van der Waals surface area contributed by atoms with Crippen LogP contribution in [0.2, 0.25) is 0 Å². The Bertz CT molecular complexity index is 1110. The Balaban J connectivity index is 1.88. The largest absolute Gasteiger partial charge is 0.496 e. The van der Waals surface area contributed by atoms with Crippen LogP contribution in [0.3, 0.4) is 0 Å². The van der Waals surface area contributed by atoms with E-state index in [-0.39, 0.29) is 11.8 Å². The second-order valence-electron chi connectivity index (χ2n) is 7.24. The fourth-order valence-corrected chi connectivity index (χ4v) is 4.03. The number of H-pyrrole nitrogens is 1. The Hall–Kier alpha value is -3.59. The summed E-state index contributed by atoms with van der Waals surface area (Å²) in [6, 6.07) is 16.3. The van der Waals surface area contributed by atoms with Gasteiger partial charge in [0.05, 0.1) is 13.2 Å². The molecule has 2 atom stereocenters. The van der Waals surface area contributed by atoms with E-state index in [1.807, 2.05) is 44.2 Å². The van der Waals surface area contributed by atoms with Crippen molar-refractivity contribution in [3.05, 3.63) is 76.0 Å². The standard InChI is InChI=1S/C23H22N4O2/c1-13-14(2)19(28-3)10-9-16(13)20-17(12-24)22(25)29-23-21(20)18(26-27-23)11-15-7-5-4-6-8-15/h4-10,17,20,25H,11H2,1-3H3,(H,26,27). The molecule has 0 aliphatic carbocycles. The molecule has 0 saturated carbocycles. The van der Waals surface area contributed by atoms with E-state index < -0.39 is 5.92 Å². The molecule has 1 aliphatic rings. The first-order valence-corrected chi connectivity index (χ1v) is 9.46. The van der Waals surface area contributed by atoms with E-state index in [1.165, 1.54) is 0 Å². The summed E-state index contributed by atoms with van der Waals surface area (Å²) < 4.78 is 11.1. The maximum Gasteiger partial charge on any atom is 0.243 e. The zero-order valence-corrected chi connectivity index (χ0v) is 16.6. The van der Waals surface area contributed by atoms with E-state index >= 15 is 0 Å². The predicted molar refractivity (Wildman–Crippen MR) is 110 cm³/mol. The van der Waals surface area contributed by atoms with Crippen molar-refractivity contribution in [3.8, 4) is 17.7 Å². The average molecular weight is 386 g/mol. The van der Waals surface area contributed by atoms with Crippen LogP contribution in [-0.2, 0) is 6.42 Å². The van der Waals surface area contributed by atoms with Gasteiger partial charge in [-0.05, 0) is 42.2 Å². The molecule has 2 heterocycles. The molecule has 0 spiro atoms. The molecule has 1 aromatic heterocycles. The smallest absolute Gasteiger partial charge is 0.243 e. The van der Waals surface area contributed by atoms with Gasteiger partial charge in [-0.3, -0.25) is 10.5 Å². The van der Waals surface area contributed by atoms with Crippen LogP contribution in [0.1, 0.15) is 39.4 Å². The summed E-state index contributed by atoms with van der Waals surface area (Å²) in [6.07, 6.45) is 0.642. The van der Waals surface area contributed by atoms with Crippen molar-refractivity contribution in [1.82, 2.24) is 10.2 Å². The average Bonchev–Trinajstić information content (AvgIpc) is 3.12. The van der Waals surface area contributed by atoms with E-state index in [1.54, 1.807) is 7.11 Å². The van der Waals surface area contributed by atoms with Crippen LogP contribution in [-0.4, -0.2) is 23.2 Å². The second-order valence-corrected chi connectivity index (χ2v) is 7.24. The fraction of sp³-hybridized carbons (Fsp3) is 0.261. The summed E-state index contributed by atoms with van der Waals surface area (Å²) in [4.78, 5) is 0. The number of methoxy groups -OCH3 is 1. The first-order chi connectivity index (χ1) is 14.0. The highest BCUT2D eigenvalue weighted by atomic mass is 16.5. The van der Waals surface area contributed by atoms with Gasteiger partial charge in [0.2, 0.25) is 11.8 Å². The third-order valence-electron chi connectivity index (χ3n) is 5.68. The SMILES string of the molecule is COc1ccc(C2c3c(n[nH]c3Cc3ccccc3)OC(=N)C2C#N)c(C)c1C. The number of hydrogen-bond donors (Lipinski definition) is 2. The molecule has 4 rings (SSSR count). The Morgan fingerprint density at radius 1 is 1.17 bits per heavy atom. The summed E-state index contributed by atoms with van der Waals surface area (Å²) in [7, 11) is 1.65. The molecule has 6 nitrogen and oxygen atoms in total. The van der Waals surface area contributed by atoms with Gasteiger partial charge in [0.25, 0.3) is 0 Å². The lowest BCUT2D eigenvalue weighted by Gasteiger charge is -2.30. The topological polar surface area (TPSA) is 94.8 Å². The highest BCUT2D eigenvalue weighted by molar-refractivity contribution is 5.85. The van der Waals surface area contributed by atoms with E-state index in [0.717, 1.165) is 39.3 Å². The molecule has 29 heavy (non-hydrogen) atoms. The Kier molecular flexibility index (Phi) is 4.81. The van der Waals surface area contributed by atoms with Crippen molar-refractivity contribution in [1.29, 1.82) is 10.7 Å². The number of nitriles is 1. The van der Waals surface area contributed by atoms with Crippen LogP contribution < -0.4 is 9.47 Å². The number of ether oxygens (including phenoxy) is 2. The van der Waals surface area contributed by atoms with Gasteiger partial charge in [0.15, 0.2) is 0 Å². The van der Waals surface area contributed by atoms with Gasteiger partial charge in [-0.1, -0.05) is 36.4 Å². The van der Waals surface area contributed by atoms with E-state index in [2.05, 4.69) is 28.4 Å². The van der Waals surface area contributed by atoms with Crippen molar-refractivity contribution >= 4 is 5.90 Å². The molecule has 0 saturated heterocycles. The third-order valence-corrected chi connectivity index (χ3v) is 5.68. The number of fused-ring (bicyclic) bond motifs is 1. The quantitative estimate of drug-likeness (QED) is 0.700. The second kappa shape index (κ2) is 7.44. The van der Waals surface area contributed by atoms with Gasteiger partial charge >= 0.3 is 0 Å². The van der Waals surface area contributed by atoms with Crippen molar-refractivity contribution in [2.24, 2.45) is 5.92 Å². The number of hydrogen-bond acceptors (Lipinski definition) is 5. The molecule has 2 unspecified atom stereocenters. The van der Waals surface area contributed by atoms with Crippen molar-refractivity contribution < 1.29 is 9.47 Å². The van der Waals surface area contributed by atoms with Crippen molar-refractivity contribution in [3.63, 3.8) is 0 Å². The monoisotopic (exact) mass is 386 g/mol. The first kappa shape index (κ1) is 18.8. The fourth-order valence-electron chi connectivity index (χ4n) is 4.03. The molecule has 1 aliphatic heterocycles. The molecule has 0 fully saturated rings. The molecule has 6 heteroatoms. The third kappa shape index (κ3) is 3.15. The molecule has 0 bridgehead atoms. The van der Waals surface area contributed by atoms with Crippen molar-refractivity contribution in [2.75, 3.05) is 7.11 Å². The molecule has 2 N–H and O–H groups in total. The van der Waals surface area contributed by atoms with Crippen molar-refractivity contribution in [2.45, 2.75) is 26.2 Å². The molecule has 146 valence electrons. The Morgan fingerprint density at radius 2 is 1.93 bits per heavy atom. The van der Waals surface area contributed by atoms with Crippen LogP contribution >= 0.6 is 0 Å². The molecule has 0 amide bonds. The summed E-state index contributed by atoms with van der Waals surface area (Å²) >= 11 is 0. The maximum atomic E-state index is 9.87. The minimum Gasteiger partial charge on any atom is -0.496 e. The van der Waals surface area contributed by atoms with Crippen LogP contribution in [0.15, 0.2) is 42.5 Å². The number of aromatic nitrogens is 2. The predicted octanol–water partition coefficient (Wildman–Crippen LogP) is 4.27. The number of nitrogens with one attached hydrogen (secondary N) is 2. The van der Waals surface area contributed by atoms with Gasteiger partial charge in [-0.2, -0.15) is 5.26 Å². The summed E-state index contributed by atoms with van der Waals surface area (Å²) in [5.74, 6) is 0.0548. The van der Waals surface area contributed by atoms with Gasteiger partial charge in [-0.25, -0.2) is 0 Å². The minimum atomic E-state index is -0.721. The highest BCUT2D eigenvalue weighted by Gasteiger charge is 2.41. The first-order valence-electron chi connectivity index (χ1n) is 9.46. The maximum absolute atomic E-state index is 9.87. The lowest BCUT2D eigenvalue weighted by atomic mass is 9.76. The van der Waals surface area contributed by atoms with E-state index in [4.69, 9.17) is 14.9 Å². The Morgan fingerprint density at radius 3 is 2.62 bits per heavy atom. The normalized spacial score (nSPS) is 17.9. The summed E-state index contributed by atoms with van der Waals surface area (Å²) in [5, 5.41) is 25.5. The highest BCUT2D eigenvalue weighted by Crippen LogP contribution is 2.45. The van der Waals surface area contributed by atoms with Gasteiger partial charge in [0.1, 0.15) is 11.7 Å². The van der Waals surface area contributed by atoms with Crippen LogP contribution in [0.4, 0.5) is 0 Å². The zero-order chi connectivity index (χ0) is 20.5. The van der Waals surface area contributed by atoms with Gasteiger partial charge in [-0.15, -0.1) is 5.10 Å². The van der Waals surface area contributed by atoms with Crippen LogP contribution in [0, 0.1) is 36.5 Å². The lowest BCUT2D eigenvalue weighted by Crippen LogP contribution is -2.31. The number of aromatic amines is 1. The molecular formula is C23H22N4O2. The van der Waals surface area contributed by atoms with E-state index in [0.29, 0.717) is 12.3 Å². The molecule has 2 aromatic carbocycles. The number of nitrogens with zero attached hydrogens (tertiary/aromatic N) is 2. The number of rotatable bonds is 4. The van der Waals surface area contributed by atoms with Gasteiger partial charge in [0, 0.05) is 23.6 Å². The lowest BCUT2D eigenvalue weighted by molar-refractivity contribution is 0.410. The summed E-state index contributed by atoms with van der Waals surface area (Å²) in [5.41, 5.74) is 5.94. The van der Waals surface area contributed by atoms with E-state index in [9.17, 15) is 5.26 Å². The minimum absolute atomic E-state index is 0.0735. The number of benzene rings is 2. The zero-order valence-electron chi connectivity index (χ0n) is 16.6. The van der Waals surface area contributed by atoms with Crippen LogP contribution in [0.5, 0.6) is 11.6 Å². The molecule has 3 aromatic rings.